The van der Waals surface area contributed by atoms with E-state index in [1.165, 1.54) is 5.57 Å². The molecule has 0 radical (unpaired) electrons. The van der Waals surface area contributed by atoms with E-state index in [9.17, 15) is 0 Å². The fourth-order valence-electron chi connectivity index (χ4n) is 2.53. The van der Waals surface area contributed by atoms with Gasteiger partial charge in [0.15, 0.2) is 0 Å². The van der Waals surface area contributed by atoms with Crippen LogP contribution in [-0.2, 0) is 0 Å². The van der Waals surface area contributed by atoms with Gasteiger partial charge in [-0.2, -0.15) is 0 Å². The van der Waals surface area contributed by atoms with E-state index in [1.807, 2.05) is 42.6 Å². The molecule has 0 spiro atoms. The van der Waals surface area contributed by atoms with Crippen LogP contribution in [0.2, 0.25) is 0 Å². The van der Waals surface area contributed by atoms with Crippen LogP contribution in [0, 0.1) is 18.3 Å². The highest BCUT2D eigenvalue weighted by Crippen LogP contribution is 2.22. The highest BCUT2D eigenvalue weighted by molar-refractivity contribution is 5.81. The summed E-state index contributed by atoms with van der Waals surface area (Å²) in [4.78, 5) is 4.45. The number of pyridine rings is 1. The molecule has 0 saturated carbocycles. The molecule has 1 nitrogen and oxygen atoms in total. The third kappa shape index (κ3) is 4.97. The summed E-state index contributed by atoms with van der Waals surface area (Å²) in [5.74, 6) is 3.45. The second kappa shape index (κ2) is 8.15. The number of terminal acetylenes is 1. The number of aromatic nitrogens is 1. The summed E-state index contributed by atoms with van der Waals surface area (Å²) in [5, 5.41) is 0. The minimum Gasteiger partial charge on any atom is -0.256 e. The van der Waals surface area contributed by atoms with E-state index in [4.69, 9.17) is 6.42 Å². The van der Waals surface area contributed by atoms with E-state index in [1.54, 1.807) is 0 Å². The number of hydrogen-bond donors (Lipinski definition) is 0. The maximum Gasteiger partial charge on any atom is 0.0708 e. The molecule has 0 atom stereocenters. The van der Waals surface area contributed by atoms with Gasteiger partial charge in [0.2, 0.25) is 0 Å². The Morgan fingerprint density at radius 2 is 1.91 bits per heavy atom. The lowest BCUT2D eigenvalue weighted by atomic mass is 10.0. The predicted octanol–water partition coefficient (Wildman–Crippen LogP) is 5.76. The van der Waals surface area contributed by atoms with Crippen molar-refractivity contribution in [2.75, 3.05) is 0 Å². The molecule has 1 heteroatoms. The van der Waals surface area contributed by atoms with Crippen molar-refractivity contribution < 1.29 is 0 Å². The predicted molar refractivity (Wildman–Crippen MR) is 99.7 cm³/mol. The maximum absolute atomic E-state index is 5.71. The summed E-state index contributed by atoms with van der Waals surface area (Å²) in [6.07, 6.45) is 12.8. The van der Waals surface area contributed by atoms with Gasteiger partial charge in [-0.05, 0) is 43.0 Å². The first-order valence-electron chi connectivity index (χ1n) is 7.96. The van der Waals surface area contributed by atoms with Crippen molar-refractivity contribution in [3.63, 3.8) is 0 Å². The number of hydrogen-bond acceptors (Lipinski definition) is 1. The molecule has 0 aliphatic carbocycles. The SMILES string of the molecule is C#C/C(=C\C=C(/C)CC(C)C)c1ccnc(-c2ccccc2)c1. The maximum atomic E-state index is 5.71. The van der Waals surface area contributed by atoms with Crippen molar-refractivity contribution in [2.45, 2.75) is 27.2 Å². The van der Waals surface area contributed by atoms with Gasteiger partial charge in [0, 0.05) is 17.3 Å². The van der Waals surface area contributed by atoms with Gasteiger partial charge in [-0.25, -0.2) is 0 Å². The summed E-state index contributed by atoms with van der Waals surface area (Å²) in [5.41, 5.74) is 5.28. The molecular formula is C22H23N. The Hall–Kier alpha value is -2.59. The molecule has 0 bridgehead atoms. The van der Waals surface area contributed by atoms with E-state index >= 15 is 0 Å². The fourth-order valence-corrected chi connectivity index (χ4v) is 2.53. The summed E-state index contributed by atoms with van der Waals surface area (Å²) < 4.78 is 0. The third-order valence-corrected chi connectivity index (χ3v) is 3.56. The summed E-state index contributed by atoms with van der Waals surface area (Å²) in [6, 6.07) is 14.1. The van der Waals surface area contributed by atoms with Gasteiger partial charge in [-0.3, -0.25) is 4.98 Å². The average Bonchev–Trinajstić information content (AvgIpc) is 2.56. The molecule has 0 aliphatic heterocycles. The zero-order valence-electron chi connectivity index (χ0n) is 14.1. The van der Waals surface area contributed by atoms with Gasteiger partial charge in [0.1, 0.15) is 0 Å². The van der Waals surface area contributed by atoms with Gasteiger partial charge in [-0.1, -0.05) is 61.7 Å². The molecule has 1 heterocycles. The lowest BCUT2D eigenvalue weighted by Gasteiger charge is -2.05. The normalized spacial score (nSPS) is 12.3. The first kappa shape index (κ1) is 16.8. The van der Waals surface area contributed by atoms with Crippen LogP contribution >= 0.6 is 0 Å². The fraction of sp³-hybridized carbons (Fsp3) is 0.227. The van der Waals surface area contributed by atoms with Crippen LogP contribution in [0.3, 0.4) is 0 Å². The quantitative estimate of drug-likeness (QED) is 0.505. The second-order valence-corrected chi connectivity index (χ2v) is 6.13. The van der Waals surface area contributed by atoms with Gasteiger partial charge >= 0.3 is 0 Å². The number of rotatable bonds is 5. The monoisotopic (exact) mass is 301 g/mol. The van der Waals surface area contributed by atoms with Crippen molar-refractivity contribution in [2.24, 2.45) is 5.92 Å². The molecule has 2 rings (SSSR count). The Bertz CT molecular complexity index is 743. The summed E-state index contributed by atoms with van der Waals surface area (Å²) in [6.45, 7) is 6.59. The van der Waals surface area contributed by atoms with Crippen LogP contribution in [0.1, 0.15) is 32.8 Å². The molecule has 1 aromatic heterocycles. The molecule has 0 N–H and O–H groups in total. The molecule has 0 unspecified atom stereocenters. The van der Waals surface area contributed by atoms with Gasteiger partial charge < -0.3 is 0 Å². The summed E-state index contributed by atoms with van der Waals surface area (Å²) in [7, 11) is 0. The van der Waals surface area contributed by atoms with Crippen LogP contribution in [0.25, 0.3) is 16.8 Å². The average molecular weight is 301 g/mol. The van der Waals surface area contributed by atoms with Gasteiger partial charge in [0.05, 0.1) is 5.69 Å². The standard InChI is InChI=1S/C22H23N/c1-5-19(12-11-18(4)15-17(2)3)21-13-14-23-22(16-21)20-9-7-6-8-10-20/h1,6-14,16-17H,15H2,2-4H3/b18-11+,19-12+. The van der Waals surface area contributed by atoms with Crippen LogP contribution in [0.4, 0.5) is 0 Å². The Morgan fingerprint density at radius 3 is 2.57 bits per heavy atom. The molecule has 0 fully saturated rings. The Balaban J connectivity index is 2.31. The minimum atomic E-state index is 0.652. The highest BCUT2D eigenvalue weighted by atomic mass is 14.7. The lowest BCUT2D eigenvalue weighted by Crippen LogP contribution is -1.89. The Labute approximate surface area is 139 Å². The summed E-state index contributed by atoms with van der Waals surface area (Å²) >= 11 is 0. The van der Waals surface area contributed by atoms with Gasteiger partial charge in [0.25, 0.3) is 0 Å². The molecule has 0 saturated heterocycles. The molecule has 0 amide bonds. The number of nitrogens with zero attached hydrogens (tertiary/aromatic N) is 1. The molecule has 23 heavy (non-hydrogen) atoms. The van der Waals surface area contributed by atoms with Crippen molar-refractivity contribution in [3.05, 3.63) is 72.0 Å². The topological polar surface area (TPSA) is 12.9 Å². The number of benzene rings is 1. The largest absolute Gasteiger partial charge is 0.256 e. The van der Waals surface area contributed by atoms with Crippen molar-refractivity contribution in [3.8, 4) is 23.6 Å². The molecular weight excluding hydrogens is 278 g/mol. The molecule has 2 aromatic rings. The Morgan fingerprint density at radius 1 is 1.17 bits per heavy atom. The Kier molecular flexibility index (Phi) is 5.94. The van der Waals surface area contributed by atoms with Crippen LogP contribution in [0.5, 0.6) is 0 Å². The lowest BCUT2D eigenvalue weighted by molar-refractivity contribution is 0.642. The van der Waals surface area contributed by atoms with Crippen LogP contribution in [0.15, 0.2) is 66.4 Å². The minimum absolute atomic E-state index is 0.652. The molecule has 1 aromatic carbocycles. The zero-order chi connectivity index (χ0) is 16.7. The highest BCUT2D eigenvalue weighted by Gasteiger charge is 2.03. The first-order chi connectivity index (χ1) is 11.1. The van der Waals surface area contributed by atoms with E-state index in [0.29, 0.717) is 5.92 Å². The third-order valence-electron chi connectivity index (χ3n) is 3.56. The van der Waals surface area contributed by atoms with Crippen molar-refractivity contribution in [1.29, 1.82) is 0 Å². The smallest absolute Gasteiger partial charge is 0.0708 e. The number of allylic oxidation sites excluding steroid dienone is 4. The van der Waals surface area contributed by atoms with E-state index < -0.39 is 0 Å². The zero-order valence-corrected chi connectivity index (χ0v) is 14.1. The van der Waals surface area contributed by atoms with Crippen molar-refractivity contribution in [1.82, 2.24) is 4.98 Å². The van der Waals surface area contributed by atoms with E-state index in [2.05, 4.69) is 49.9 Å². The molecule has 116 valence electrons. The van der Waals surface area contributed by atoms with Gasteiger partial charge in [-0.15, -0.1) is 6.42 Å². The van der Waals surface area contributed by atoms with Crippen LogP contribution in [-0.4, -0.2) is 4.98 Å². The van der Waals surface area contributed by atoms with E-state index in [0.717, 1.165) is 28.8 Å². The van der Waals surface area contributed by atoms with Crippen molar-refractivity contribution >= 4 is 5.57 Å². The molecule has 0 aliphatic rings. The first-order valence-corrected chi connectivity index (χ1v) is 7.96. The van der Waals surface area contributed by atoms with Crippen LogP contribution < -0.4 is 0 Å². The second-order valence-electron chi connectivity index (χ2n) is 6.13. The van der Waals surface area contributed by atoms with E-state index in [-0.39, 0.29) is 0 Å².